The quantitative estimate of drug-likeness (QED) is 0.884. The minimum atomic E-state index is -0.921. The van der Waals surface area contributed by atoms with Gasteiger partial charge >= 0.3 is 5.97 Å². The molecule has 1 aromatic heterocycles. The molecule has 0 aliphatic rings. The number of carboxylic acid groups (broad SMARTS) is 1. The van der Waals surface area contributed by atoms with Crippen LogP contribution in [0.3, 0.4) is 0 Å². The van der Waals surface area contributed by atoms with E-state index in [-0.39, 0.29) is 18.2 Å². The molecule has 2 aromatic rings. The molecule has 0 amide bonds. The van der Waals surface area contributed by atoms with Crippen molar-refractivity contribution in [3.8, 4) is 0 Å². The summed E-state index contributed by atoms with van der Waals surface area (Å²) in [5, 5.41) is 8.88. The van der Waals surface area contributed by atoms with Crippen molar-refractivity contribution in [3.05, 3.63) is 59.8 Å². The number of hydrogen-bond donors (Lipinski definition) is 1. The maximum Gasteiger partial charge on any atom is 0.304 e. The molecule has 3 nitrogen and oxygen atoms in total. The van der Waals surface area contributed by atoms with E-state index in [1.807, 2.05) is 0 Å². The van der Waals surface area contributed by atoms with Gasteiger partial charge in [-0.25, -0.2) is 4.39 Å². The summed E-state index contributed by atoms with van der Waals surface area (Å²) in [6.07, 6.45) is 1.41. The third-order valence-electron chi connectivity index (χ3n) is 2.54. The molecular weight excluding hydrogens is 223 g/mol. The van der Waals surface area contributed by atoms with Gasteiger partial charge in [0.25, 0.3) is 0 Å². The third kappa shape index (κ3) is 2.72. The lowest BCUT2D eigenvalue weighted by Gasteiger charge is -2.12. The minimum Gasteiger partial charge on any atom is -0.481 e. The molecule has 1 N–H and O–H groups in total. The molecule has 0 saturated heterocycles. The summed E-state index contributed by atoms with van der Waals surface area (Å²) in [6.45, 7) is 0. The first-order valence-corrected chi connectivity index (χ1v) is 5.17. The van der Waals surface area contributed by atoms with E-state index in [9.17, 15) is 9.18 Å². The molecule has 0 radical (unpaired) electrons. The van der Waals surface area contributed by atoms with Gasteiger partial charge in [-0.1, -0.05) is 12.1 Å². The fraction of sp³-hybridized carbons (Fsp3) is 0.154. The zero-order valence-corrected chi connectivity index (χ0v) is 8.97. The molecule has 0 aliphatic heterocycles. The van der Waals surface area contributed by atoms with Crippen LogP contribution in [0.25, 0.3) is 0 Å². The molecule has 1 atom stereocenters. The maximum absolute atomic E-state index is 12.8. The molecule has 0 fully saturated rings. The van der Waals surface area contributed by atoms with E-state index in [1.54, 1.807) is 24.3 Å². The Hall–Kier alpha value is -2.10. The van der Waals surface area contributed by atoms with Gasteiger partial charge in [0.1, 0.15) is 11.6 Å². The van der Waals surface area contributed by atoms with Crippen molar-refractivity contribution in [2.24, 2.45) is 0 Å². The lowest BCUT2D eigenvalue weighted by atomic mass is 9.93. The SMILES string of the molecule is O=C(O)C[C@@H](c1ccc(F)cc1)c1ccco1. The highest BCUT2D eigenvalue weighted by Gasteiger charge is 2.20. The van der Waals surface area contributed by atoms with Crippen LogP contribution in [0.2, 0.25) is 0 Å². The molecule has 88 valence electrons. The lowest BCUT2D eigenvalue weighted by molar-refractivity contribution is -0.137. The maximum atomic E-state index is 12.8. The Labute approximate surface area is 97.5 Å². The van der Waals surface area contributed by atoms with Crippen molar-refractivity contribution < 1.29 is 18.7 Å². The van der Waals surface area contributed by atoms with Gasteiger partial charge in [0.2, 0.25) is 0 Å². The Balaban J connectivity index is 2.33. The van der Waals surface area contributed by atoms with Crippen LogP contribution in [0, 0.1) is 5.82 Å². The van der Waals surface area contributed by atoms with Gasteiger partial charge in [-0.2, -0.15) is 0 Å². The summed E-state index contributed by atoms with van der Waals surface area (Å²) < 4.78 is 18.0. The molecule has 2 rings (SSSR count). The van der Waals surface area contributed by atoms with Gasteiger partial charge in [0.05, 0.1) is 18.6 Å². The smallest absolute Gasteiger partial charge is 0.304 e. The molecule has 17 heavy (non-hydrogen) atoms. The molecule has 4 heteroatoms. The van der Waals surface area contributed by atoms with E-state index in [0.717, 1.165) is 5.56 Å². The molecule has 0 bridgehead atoms. The first-order valence-electron chi connectivity index (χ1n) is 5.17. The van der Waals surface area contributed by atoms with Crippen LogP contribution in [0.4, 0.5) is 4.39 Å². The van der Waals surface area contributed by atoms with Crippen molar-refractivity contribution in [2.75, 3.05) is 0 Å². The summed E-state index contributed by atoms with van der Waals surface area (Å²) in [6, 6.07) is 9.20. The van der Waals surface area contributed by atoms with Crippen LogP contribution in [0.5, 0.6) is 0 Å². The molecule has 1 aromatic carbocycles. The fourth-order valence-electron chi connectivity index (χ4n) is 1.74. The predicted molar refractivity (Wildman–Crippen MR) is 59.2 cm³/mol. The zero-order chi connectivity index (χ0) is 12.3. The summed E-state index contributed by atoms with van der Waals surface area (Å²) in [4.78, 5) is 10.8. The highest BCUT2D eigenvalue weighted by atomic mass is 19.1. The summed E-state index contributed by atoms with van der Waals surface area (Å²) in [5.74, 6) is -1.08. The van der Waals surface area contributed by atoms with Crippen molar-refractivity contribution in [1.82, 2.24) is 0 Å². The van der Waals surface area contributed by atoms with E-state index in [0.29, 0.717) is 5.76 Å². The van der Waals surface area contributed by atoms with Crippen LogP contribution in [0.15, 0.2) is 47.1 Å². The topological polar surface area (TPSA) is 50.4 Å². The van der Waals surface area contributed by atoms with Crippen LogP contribution in [0.1, 0.15) is 23.7 Å². The number of rotatable bonds is 4. The lowest BCUT2D eigenvalue weighted by Crippen LogP contribution is -2.07. The van der Waals surface area contributed by atoms with Gasteiger partial charge in [-0.3, -0.25) is 4.79 Å². The van der Waals surface area contributed by atoms with Crippen molar-refractivity contribution in [2.45, 2.75) is 12.3 Å². The summed E-state index contributed by atoms with van der Waals surface area (Å²) >= 11 is 0. The van der Waals surface area contributed by atoms with E-state index >= 15 is 0 Å². The van der Waals surface area contributed by atoms with Crippen LogP contribution < -0.4 is 0 Å². The molecule has 0 unspecified atom stereocenters. The standard InChI is InChI=1S/C13H11FO3/c14-10-5-3-9(4-6-10)11(8-13(15)16)12-2-1-7-17-12/h1-7,11H,8H2,(H,15,16)/t11-/m0/s1. The average molecular weight is 234 g/mol. The van der Waals surface area contributed by atoms with E-state index in [1.165, 1.54) is 18.4 Å². The van der Waals surface area contributed by atoms with Gasteiger partial charge in [-0.05, 0) is 29.8 Å². The third-order valence-corrected chi connectivity index (χ3v) is 2.54. The average Bonchev–Trinajstić information content (AvgIpc) is 2.80. The van der Waals surface area contributed by atoms with Crippen LogP contribution in [-0.2, 0) is 4.79 Å². The Morgan fingerprint density at radius 3 is 2.53 bits per heavy atom. The number of benzene rings is 1. The second-order valence-corrected chi connectivity index (χ2v) is 3.72. The highest BCUT2D eigenvalue weighted by molar-refractivity contribution is 5.68. The second kappa shape index (κ2) is 4.82. The van der Waals surface area contributed by atoms with Crippen molar-refractivity contribution in [3.63, 3.8) is 0 Å². The summed E-state index contributed by atoms with van der Waals surface area (Å²) in [5.41, 5.74) is 0.726. The number of halogens is 1. The predicted octanol–water partition coefficient (Wildman–Crippen LogP) is 3.03. The van der Waals surface area contributed by atoms with Crippen LogP contribution >= 0.6 is 0 Å². The molecule has 1 heterocycles. The van der Waals surface area contributed by atoms with Gasteiger partial charge in [-0.15, -0.1) is 0 Å². The summed E-state index contributed by atoms with van der Waals surface area (Å²) in [7, 11) is 0. The number of carbonyl (C=O) groups is 1. The monoisotopic (exact) mass is 234 g/mol. The normalized spacial score (nSPS) is 12.3. The number of hydrogen-bond acceptors (Lipinski definition) is 2. The van der Waals surface area contributed by atoms with E-state index < -0.39 is 5.97 Å². The molecule has 0 spiro atoms. The Morgan fingerprint density at radius 1 is 1.29 bits per heavy atom. The van der Waals surface area contributed by atoms with E-state index in [4.69, 9.17) is 9.52 Å². The molecule has 0 saturated carbocycles. The Morgan fingerprint density at radius 2 is 2.00 bits per heavy atom. The largest absolute Gasteiger partial charge is 0.481 e. The minimum absolute atomic E-state index is 0.0842. The Bertz CT molecular complexity index is 488. The van der Waals surface area contributed by atoms with Crippen LogP contribution in [-0.4, -0.2) is 11.1 Å². The van der Waals surface area contributed by atoms with Crippen molar-refractivity contribution in [1.29, 1.82) is 0 Å². The van der Waals surface area contributed by atoms with Gasteiger partial charge < -0.3 is 9.52 Å². The number of aliphatic carboxylic acids is 1. The first kappa shape index (κ1) is 11.4. The first-order chi connectivity index (χ1) is 8.16. The number of furan rings is 1. The second-order valence-electron chi connectivity index (χ2n) is 3.72. The van der Waals surface area contributed by atoms with E-state index in [2.05, 4.69) is 0 Å². The van der Waals surface area contributed by atoms with Crippen molar-refractivity contribution >= 4 is 5.97 Å². The molecule has 0 aliphatic carbocycles. The molecular formula is C13H11FO3. The zero-order valence-electron chi connectivity index (χ0n) is 8.97. The van der Waals surface area contributed by atoms with Gasteiger partial charge in [0, 0.05) is 0 Å². The highest BCUT2D eigenvalue weighted by Crippen LogP contribution is 2.28. The number of carboxylic acids is 1. The fourth-order valence-corrected chi connectivity index (χ4v) is 1.74. The van der Waals surface area contributed by atoms with Gasteiger partial charge in [0.15, 0.2) is 0 Å². The Kier molecular flexibility index (Phi) is 3.23.